The van der Waals surface area contributed by atoms with Gasteiger partial charge in [0.15, 0.2) is 0 Å². The SMILES string of the molecule is O=C(O)C1CCC(NCc2cc(Br)ccc2F)CC1. The molecule has 0 radical (unpaired) electrons. The zero-order chi connectivity index (χ0) is 13.8. The maximum atomic E-state index is 13.6. The van der Waals surface area contributed by atoms with Gasteiger partial charge in [-0.05, 0) is 43.9 Å². The zero-order valence-electron chi connectivity index (χ0n) is 10.5. The van der Waals surface area contributed by atoms with Crippen LogP contribution in [-0.4, -0.2) is 17.1 Å². The Balaban J connectivity index is 1.83. The van der Waals surface area contributed by atoms with E-state index in [2.05, 4.69) is 21.2 Å². The lowest BCUT2D eigenvalue weighted by Crippen LogP contribution is -2.34. The van der Waals surface area contributed by atoms with E-state index in [1.807, 2.05) is 0 Å². The molecule has 3 nitrogen and oxygen atoms in total. The number of nitrogens with one attached hydrogen (secondary N) is 1. The van der Waals surface area contributed by atoms with E-state index < -0.39 is 5.97 Å². The van der Waals surface area contributed by atoms with Crippen LogP contribution in [0.4, 0.5) is 4.39 Å². The average molecular weight is 330 g/mol. The predicted molar refractivity (Wildman–Crippen MR) is 74.3 cm³/mol. The molecule has 1 aliphatic carbocycles. The van der Waals surface area contributed by atoms with Crippen LogP contribution in [0.1, 0.15) is 31.2 Å². The van der Waals surface area contributed by atoms with Gasteiger partial charge in [-0.1, -0.05) is 15.9 Å². The van der Waals surface area contributed by atoms with Crippen molar-refractivity contribution >= 4 is 21.9 Å². The molecule has 1 fully saturated rings. The molecule has 0 atom stereocenters. The molecule has 0 heterocycles. The lowest BCUT2D eigenvalue weighted by atomic mass is 9.86. The highest BCUT2D eigenvalue weighted by Gasteiger charge is 2.25. The third kappa shape index (κ3) is 4.01. The van der Waals surface area contributed by atoms with Gasteiger partial charge in [-0.15, -0.1) is 0 Å². The van der Waals surface area contributed by atoms with Crippen molar-refractivity contribution in [1.29, 1.82) is 0 Å². The summed E-state index contributed by atoms with van der Waals surface area (Å²) < 4.78 is 14.4. The van der Waals surface area contributed by atoms with Gasteiger partial charge in [-0.25, -0.2) is 4.39 Å². The van der Waals surface area contributed by atoms with E-state index in [-0.39, 0.29) is 17.8 Å². The van der Waals surface area contributed by atoms with Gasteiger partial charge in [0.25, 0.3) is 0 Å². The van der Waals surface area contributed by atoms with Crippen LogP contribution in [0.25, 0.3) is 0 Å². The fourth-order valence-electron chi connectivity index (χ4n) is 2.48. The van der Waals surface area contributed by atoms with Crippen molar-refractivity contribution < 1.29 is 14.3 Å². The lowest BCUT2D eigenvalue weighted by Gasteiger charge is -2.27. The van der Waals surface area contributed by atoms with Gasteiger partial charge in [-0.3, -0.25) is 4.79 Å². The van der Waals surface area contributed by atoms with Gasteiger partial charge >= 0.3 is 5.97 Å². The summed E-state index contributed by atoms with van der Waals surface area (Å²) in [5.74, 6) is -1.12. The molecule has 5 heteroatoms. The Labute approximate surface area is 120 Å². The Hall–Kier alpha value is -0.940. The fraction of sp³-hybridized carbons (Fsp3) is 0.500. The third-order valence-corrected chi connectivity index (χ3v) is 4.16. The maximum absolute atomic E-state index is 13.6. The third-order valence-electron chi connectivity index (χ3n) is 3.67. The number of hydrogen-bond donors (Lipinski definition) is 2. The van der Waals surface area contributed by atoms with Crippen molar-refractivity contribution in [3.05, 3.63) is 34.1 Å². The molecule has 1 aromatic carbocycles. The quantitative estimate of drug-likeness (QED) is 0.890. The molecule has 1 aliphatic rings. The molecule has 0 aromatic heterocycles. The Bertz CT molecular complexity index is 459. The van der Waals surface area contributed by atoms with E-state index >= 15 is 0 Å². The molecule has 0 unspecified atom stereocenters. The summed E-state index contributed by atoms with van der Waals surface area (Å²) in [6.07, 6.45) is 3.08. The van der Waals surface area contributed by atoms with E-state index in [4.69, 9.17) is 5.11 Å². The number of carboxylic acids is 1. The molecule has 2 N–H and O–H groups in total. The number of hydrogen-bond acceptors (Lipinski definition) is 2. The first-order valence-corrected chi connectivity index (χ1v) is 7.25. The average Bonchev–Trinajstić information content (AvgIpc) is 2.40. The Morgan fingerprint density at radius 3 is 2.68 bits per heavy atom. The largest absolute Gasteiger partial charge is 0.481 e. The summed E-state index contributed by atoms with van der Waals surface area (Å²) in [6.45, 7) is 0.480. The standard InChI is InChI=1S/C14H17BrFNO2/c15-11-3-6-13(16)10(7-11)8-17-12-4-1-9(2-5-12)14(18)19/h3,6-7,9,12,17H,1-2,4-5,8H2,(H,18,19). The molecule has 0 bridgehead atoms. The van der Waals surface area contributed by atoms with Gasteiger partial charge in [0.2, 0.25) is 0 Å². The first-order valence-electron chi connectivity index (χ1n) is 6.46. The summed E-state index contributed by atoms with van der Waals surface area (Å²) in [5, 5.41) is 12.2. The summed E-state index contributed by atoms with van der Waals surface area (Å²) >= 11 is 3.33. The number of carboxylic acid groups (broad SMARTS) is 1. The summed E-state index contributed by atoms with van der Waals surface area (Å²) in [5.41, 5.74) is 0.634. The Kier molecular flexibility index (Phi) is 4.93. The van der Waals surface area contributed by atoms with Crippen molar-refractivity contribution in [3.63, 3.8) is 0 Å². The van der Waals surface area contributed by atoms with E-state index in [1.165, 1.54) is 6.07 Å². The molecular formula is C14H17BrFNO2. The topological polar surface area (TPSA) is 49.3 Å². The number of carbonyl (C=O) groups is 1. The molecule has 0 amide bonds. The van der Waals surface area contributed by atoms with Crippen molar-refractivity contribution in [2.24, 2.45) is 5.92 Å². The van der Waals surface area contributed by atoms with Crippen LogP contribution in [0, 0.1) is 11.7 Å². The molecule has 19 heavy (non-hydrogen) atoms. The van der Waals surface area contributed by atoms with Crippen LogP contribution in [0.5, 0.6) is 0 Å². The fourth-order valence-corrected chi connectivity index (χ4v) is 2.89. The number of halogens is 2. The number of benzene rings is 1. The van der Waals surface area contributed by atoms with Gasteiger partial charge < -0.3 is 10.4 Å². The minimum Gasteiger partial charge on any atom is -0.481 e. The first kappa shape index (κ1) is 14.5. The van der Waals surface area contributed by atoms with E-state index in [9.17, 15) is 9.18 Å². The maximum Gasteiger partial charge on any atom is 0.306 e. The van der Waals surface area contributed by atoms with Crippen LogP contribution >= 0.6 is 15.9 Å². The molecule has 0 spiro atoms. The van der Waals surface area contributed by atoms with Crippen LogP contribution in [0.3, 0.4) is 0 Å². The van der Waals surface area contributed by atoms with E-state index in [1.54, 1.807) is 12.1 Å². The van der Waals surface area contributed by atoms with E-state index in [0.29, 0.717) is 24.9 Å². The Morgan fingerprint density at radius 1 is 1.37 bits per heavy atom. The van der Waals surface area contributed by atoms with Crippen molar-refractivity contribution in [3.8, 4) is 0 Å². The minimum atomic E-state index is -0.698. The lowest BCUT2D eigenvalue weighted by molar-refractivity contribution is -0.142. The van der Waals surface area contributed by atoms with Gasteiger partial charge in [-0.2, -0.15) is 0 Å². The summed E-state index contributed by atoms with van der Waals surface area (Å²) in [6, 6.07) is 5.18. The van der Waals surface area contributed by atoms with Crippen LogP contribution in [0.15, 0.2) is 22.7 Å². The molecule has 0 aliphatic heterocycles. The number of rotatable bonds is 4. The molecule has 1 saturated carbocycles. The highest BCUT2D eigenvalue weighted by molar-refractivity contribution is 9.10. The monoisotopic (exact) mass is 329 g/mol. The highest BCUT2D eigenvalue weighted by Crippen LogP contribution is 2.25. The van der Waals surface area contributed by atoms with Gasteiger partial charge in [0, 0.05) is 22.6 Å². The second-order valence-electron chi connectivity index (χ2n) is 5.00. The van der Waals surface area contributed by atoms with Crippen molar-refractivity contribution in [1.82, 2.24) is 5.32 Å². The first-order chi connectivity index (χ1) is 9.06. The molecule has 2 rings (SSSR count). The second kappa shape index (κ2) is 6.48. The van der Waals surface area contributed by atoms with Crippen molar-refractivity contribution in [2.45, 2.75) is 38.3 Å². The van der Waals surface area contributed by atoms with Gasteiger partial charge in [0.1, 0.15) is 5.82 Å². The normalized spacial score (nSPS) is 23.3. The molecular weight excluding hydrogens is 313 g/mol. The molecule has 1 aromatic rings. The zero-order valence-corrected chi connectivity index (χ0v) is 12.1. The predicted octanol–water partition coefficient (Wildman–Crippen LogP) is 3.32. The van der Waals surface area contributed by atoms with Gasteiger partial charge in [0.05, 0.1) is 5.92 Å². The smallest absolute Gasteiger partial charge is 0.306 e. The number of aliphatic carboxylic acids is 1. The van der Waals surface area contributed by atoms with Crippen molar-refractivity contribution in [2.75, 3.05) is 0 Å². The minimum absolute atomic E-state index is 0.208. The molecule has 104 valence electrons. The Morgan fingerprint density at radius 2 is 2.05 bits per heavy atom. The van der Waals surface area contributed by atoms with Crippen LogP contribution in [0.2, 0.25) is 0 Å². The van der Waals surface area contributed by atoms with Crippen LogP contribution in [-0.2, 0) is 11.3 Å². The second-order valence-corrected chi connectivity index (χ2v) is 5.92. The van der Waals surface area contributed by atoms with E-state index in [0.717, 1.165) is 17.3 Å². The van der Waals surface area contributed by atoms with Crippen LogP contribution < -0.4 is 5.32 Å². The summed E-state index contributed by atoms with van der Waals surface area (Å²) in [4.78, 5) is 10.8. The highest BCUT2D eigenvalue weighted by atomic mass is 79.9. The molecule has 0 saturated heterocycles. The summed E-state index contributed by atoms with van der Waals surface area (Å²) in [7, 11) is 0.